The first-order chi connectivity index (χ1) is 9.42. The van der Waals surface area contributed by atoms with Crippen molar-refractivity contribution in [3.63, 3.8) is 0 Å². The van der Waals surface area contributed by atoms with Crippen molar-refractivity contribution in [2.45, 2.75) is 33.1 Å². The lowest BCUT2D eigenvalue weighted by Gasteiger charge is -2.12. The van der Waals surface area contributed by atoms with Crippen LogP contribution in [0.25, 0.3) is 0 Å². The van der Waals surface area contributed by atoms with Crippen molar-refractivity contribution >= 4 is 17.7 Å². The molecule has 112 valence electrons. The highest BCUT2D eigenvalue weighted by atomic mass is 16.4. The average molecular weight is 282 g/mol. The summed E-state index contributed by atoms with van der Waals surface area (Å²) < 4.78 is 1.66. The van der Waals surface area contributed by atoms with E-state index in [1.165, 1.54) is 0 Å². The van der Waals surface area contributed by atoms with E-state index in [0.717, 1.165) is 12.1 Å². The van der Waals surface area contributed by atoms with Gasteiger partial charge in [0, 0.05) is 26.2 Å². The lowest BCUT2D eigenvalue weighted by atomic mass is 10.1. The predicted octanol–water partition coefficient (Wildman–Crippen LogP) is 1.60. The molecule has 0 radical (unpaired) electrons. The summed E-state index contributed by atoms with van der Waals surface area (Å²) >= 11 is 0. The van der Waals surface area contributed by atoms with Gasteiger partial charge in [-0.1, -0.05) is 13.8 Å². The van der Waals surface area contributed by atoms with Crippen LogP contribution in [-0.4, -0.2) is 33.4 Å². The van der Waals surface area contributed by atoms with E-state index in [9.17, 15) is 9.59 Å². The molecule has 1 unspecified atom stereocenters. The summed E-state index contributed by atoms with van der Waals surface area (Å²) in [5.41, 5.74) is 1.53. The Balaban J connectivity index is 2.38. The first-order valence-corrected chi connectivity index (χ1v) is 6.71. The van der Waals surface area contributed by atoms with Crippen molar-refractivity contribution in [2.24, 2.45) is 13.0 Å². The summed E-state index contributed by atoms with van der Waals surface area (Å²) in [4.78, 5) is 22.2. The van der Waals surface area contributed by atoms with Crippen molar-refractivity contribution in [1.82, 2.24) is 15.1 Å². The van der Waals surface area contributed by atoms with E-state index in [2.05, 4.69) is 15.7 Å². The third kappa shape index (κ3) is 5.29. The fourth-order valence-electron chi connectivity index (χ4n) is 1.81. The number of hydrogen-bond acceptors (Lipinski definition) is 3. The summed E-state index contributed by atoms with van der Waals surface area (Å²) in [7, 11) is 1.80. The minimum Gasteiger partial charge on any atom is -0.481 e. The largest absolute Gasteiger partial charge is 0.481 e. The van der Waals surface area contributed by atoms with Crippen molar-refractivity contribution in [1.29, 1.82) is 0 Å². The van der Waals surface area contributed by atoms with Crippen LogP contribution in [0.2, 0.25) is 0 Å². The number of anilines is 1. The highest BCUT2D eigenvalue weighted by Gasteiger charge is 2.11. The minimum atomic E-state index is -0.816. The Hall–Kier alpha value is -2.05. The topological polar surface area (TPSA) is 96.3 Å². The second-order valence-corrected chi connectivity index (χ2v) is 4.89. The minimum absolute atomic E-state index is 0.118. The summed E-state index contributed by atoms with van der Waals surface area (Å²) in [6, 6.07) is -0.296. The molecule has 1 aromatic heterocycles. The second-order valence-electron chi connectivity index (χ2n) is 4.89. The molecule has 1 heterocycles. The zero-order valence-electron chi connectivity index (χ0n) is 12.1. The number of carboxylic acids is 1. The number of hydrogen-bond donors (Lipinski definition) is 3. The van der Waals surface area contributed by atoms with Gasteiger partial charge in [-0.05, 0) is 18.8 Å². The molecule has 0 aliphatic heterocycles. The van der Waals surface area contributed by atoms with E-state index in [0.29, 0.717) is 18.7 Å². The quantitative estimate of drug-likeness (QED) is 0.707. The Bertz CT molecular complexity index is 470. The Morgan fingerprint density at radius 1 is 1.50 bits per heavy atom. The first-order valence-electron chi connectivity index (χ1n) is 6.71. The van der Waals surface area contributed by atoms with Crippen LogP contribution in [0.3, 0.4) is 0 Å². The Morgan fingerprint density at radius 3 is 2.80 bits per heavy atom. The fraction of sp³-hybridized carbons (Fsp3) is 0.615. The summed E-state index contributed by atoms with van der Waals surface area (Å²) in [6.45, 7) is 4.32. The molecule has 7 nitrogen and oxygen atoms in total. The fourth-order valence-corrected chi connectivity index (χ4v) is 1.81. The SMILES string of the molecule is CCc1nn(C)cc1NC(=O)NCC(C)CCC(=O)O. The number of carboxylic acid groups (broad SMARTS) is 1. The molecule has 1 rings (SSSR count). The number of amides is 2. The summed E-state index contributed by atoms with van der Waals surface area (Å²) in [5.74, 6) is -0.694. The maximum atomic E-state index is 11.8. The Labute approximate surface area is 118 Å². The van der Waals surface area contributed by atoms with Gasteiger partial charge in [-0.3, -0.25) is 9.48 Å². The molecule has 1 atom stereocenters. The van der Waals surface area contributed by atoms with E-state index in [-0.39, 0.29) is 18.4 Å². The van der Waals surface area contributed by atoms with Crippen LogP contribution in [0, 0.1) is 5.92 Å². The zero-order chi connectivity index (χ0) is 15.1. The van der Waals surface area contributed by atoms with Crippen LogP contribution >= 0.6 is 0 Å². The van der Waals surface area contributed by atoms with E-state index in [1.807, 2.05) is 13.8 Å². The first kappa shape index (κ1) is 16.0. The van der Waals surface area contributed by atoms with Gasteiger partial charge in [0.1, 0.15) is 0 Å². The van der Waals surface area contributed by atoms with Gasteiger partial charge in [0.25, 0.3) is 0 Å². The molecule has 7 heteroatoms. The molecule has 0 saturated carbocycles. The van der Waals surface area contributed by atoms with E-state index < -0.39 is 5.97 Å². The normalized spacial score (nSPS) is 11.9. The maximum absolute atomic E-state index is 11.8. The molecule has 2 amide bonds. The highest BCUT2D eigenvalue weighted by Crippen LogP contribution is 2.13. The van der Waals surface area contributed by atoms with Crippen molar-refractivity contribution in [2.75, 3.05) is 11.9 Å². The van der Waals surface area contributed by atoms with Crippen molar-refractivity contribution in [3.05, 3.63) is 11.9 Å². The number of aliphatic carboxylic acids is 1. The molecule has 0 aliphatic rings. The third-order valence-corrected chi connectivity index (χ3v) is 2.95. The summed E-state index contributed by atoms with van der Waals surface area (Å²) in [6.07, 6.45) is 3.16. The molecular formula is C13H22N4O3. The molecule has 1 aromatic rings. The van der Waals surface area contributed by atoms with Crippen molar-refractivity contribution in [3.8, 4) is 0 Å². The van der Waals surface area contributed by atoms with Crippen LogP contribution in [0.4, 0.5) is 10.5 Å². The number of aryl methyl sites for hydroxylation is 2. The number of nitrogens with one attached hydrogen (secondary N) is 2. The van der Waals surface area contributed by atoms with Gasteiger partial charge in [0.05, 0.1) is 11.4 Å². The van der Waals surface area contributed by atoms with E-state index in [4.69, 9.17) is 5.11 Å². The number of rotatable bonds is 7. The van der Waals surface area contributed by atoms with Gasteiger partial charge in [0.15, 0.2) is 0 Å². The van der Waals surface area contributed by atoms with E-state index in [1.54, 1.807) is 17.9 Å². The molecule has 0 bridgehead atoms. The Kier molecular flexibility index (Phi) is 6.02. The number of aromatic nitrogens is 2. The smallest absolute Gasteiger partial charge is 0.319 e. The molecule has 20 heavy (non-hydrogen) atoms. The van der Waals surface area contributed by atoms with Crippen molar-refractivity contribution < 1.29 is 14.7 Å². The molecule has 0 aromatic carbocycles. The lowest BCUT2D eigenvalue weighted by Crippen LogP contribution is -2.32. The zero-order valence-corrected chi connectivity index (χ0v) is 12.1. The molecule has 0 aliphatic carbocycles. The Morgan fingerprint density at radius 2 is 2.20 bits per heavy atom. The molecular weight excluding hydrogens is 260 g/mol. The van der Waals surface area contributed by atoms with E-state index >= 15 is 0 Å². The third-order valence-electron chi connectivity index (χ3n) is 2.95. The van der Waals surface area contributed by atoms with Crippen LogP contribution in [0.5, 0.6) is 0 Å². The van der Waals surface area contributed by atoms with Gasteiger partial charge in [-0.15, -0.1) is 0 Å². The van der Waals surface area contributed by atoms with Crippen LogP contribution < -0.4 is 10.6 Å². The van der Waals surface area contributed by atoms with Crippen LogP contribution in [0.15, 0.2) is 6.20 Å². The van der Waals surface area contributed by atoms with Gasteiger partial charge in [-0.2, -0.15) is 5.10 Å². The second kappa shape index (κ2) is 7.52. The molecule has 0 spiro atoms. The lowest BCUT2D eigenvalue weighted by molar-refractivity contribution is -0.137. The predicted molar refractivity (Wildman–Crippen MR) is 75.6 cm³/mol. The van der Waals surface area contributed by atoms with Gasteiger partial charge in [0.2, 0.25) is 0 Å². The number of carbonyl (C=O) groups is 2. The average Bonchev–Trinajstić information content (AvgIpc) is 2.73. The standard InChI is InChI=1S/C13H22N4O3/c1-4-10-11(8-17(3)16-10)15-13(20)14-7-9(2)5-6-12(18)19/h8-9H,4-7H2,1-3H3,(H,18,19)(H2,14,15,20). The molecule has 3 N–H and O–H groups in total. The number of nitrogens with zero attached hydrogens (tertiary/aromatic N) is 2. The summed E-state index contributed by atoms with van der Waals surface area (Å²) in [5, 5.41) is 18.3. The van der Waals surface area contributed by atoms with Gasteiger partial charge in [-0.25, -0.2) is 4.79 Å². The van der Waals surface area contributed by atoms with Gasteiger partial charge < -0.3 is 15.7 Å². The van der Waals surface area contributed by atoms with Crippen LogP contribution in [0.1, 0.15) is 32.4 Å². The molecule has 0 fully saturated rings. The van der Waals surface area contributed by atoms with Crippen LogP contribution in [-0.2, 0) is 18.3 Å². The number of urea groups is 1. The monoisotopic (exact) mass is 282 g/mol. The van der Waals surface area contributed by atoms with Gasteiger partial charge >= 0.3 is 12.0 Å². The molecule has 0 saturated heterocycles. The maximum Gasteiger partial charge on any atom is 0.319 e. The number of carbonyl (C=O) groups excluding carboxylic acids is 1. The highest BCUT2D eigenvalue weighted by molar-refractivity contribution is 5.89.